The minimum Gasteiger partial charge on any atom is -0.306 e. The molecule has 2 rings (SSSR count). The molecule has 106 valence electrons. The van der Waals surface area contributed by atoms with Crippen LogP contribution >= 0.6 is 0 Å². The molecule has 0 saturated heterocycles. The van der Waals surface area contributed by atoms with Gasteiger partial charge in [0.05, 0.1) is 0 Å². The Balaban J connectivity index is 2.05. The Morgan fingerprint density at radius 2 is 1.70 bits per heavy atom. The Kier molecular flexibility index (Phi) is 4.45. The molecule has 2 aromatic carbocycles. The van der Waals surface area contributed by atoms with E-state index in [9.17, 15) is 13.2 Å². The zero-order valence-corrected chi connectivity index (χ0v) is 11.4. The van der Waals surface area contributed by atoms with Crippen LogP contribution in [0.3, 0.4) is 0 Å². The summed E-state index contributed by atoms with van der Waals surface area (Å²) in [6, 6.07) is 10.0. The highest BCUT2D eigenvalue weighted by atomic mass is 19.2. The van der Waals surface area contributed by atoms with Crippen LogP contribution in [0.5, 0.6) is 0 Å². The van der Waals surface area contributed by atoms with Gasteiger partial charge in [0.15, 0.2) is 17.5 Å². The summed E-state index contributed by atoms with van der Waals surface area (Å²) in [5, 5.41) is 3.16. The van der Waals surface area contributed by atoms with Gasteiger partial charge in [-0.25, -0.2) is 13.2 Å². The Morgan fingerprint density at radius 1 is 1.05 bits per heavy atom. The Morgan fingerprint density at radius 3 is 2.30 bits per heavy atom. The fourth-order valence-electron chi connectivity index (χ4n) is 2.04. The van der Waals surface area contributed by atoms with Crippen LogP contribution in [0.25, 0.3) is 0 Å². The predicted octanol–water partition coefficient (Wildman–Crippen LogP) is 4.26. The average molecular weight is 279 g/mol. The Hall–Kier alpha value is -1.81. The van der Waals surface area contributed by atoms with Crippen LogP contribution in [-0.4, -0.2) is 0 Å². The number of aryl methyl sites for hydroxylation is 1. The molecule has 20 heavy (non-hydrogen) atoms. The van der Waals surface area contributed by atoms with Gasteiger partial charge in [-0.2, -0.15) is 0 Å². The monoisotopic (exact) mass is 279 g/mol. The fraction of sp³-hybridized carbons (Fsp3) is 0.250. The van der Waals surface area contributed by atoms with E-state index in [0.717, 1.165) is 23.3 Å². The lowest BCUT2D eigenvalue weighted by atomic mass is 10.1. The maximum atomic E-state index is 13.1. The third kappa shape index (κ3) is 3.39. The quantitative estimate of drug-likeness (QED) is 0.824. The molecular weight excluding hydrogens is 263 g/mol. The van der Waals surface area contributed by atoms with Crippen molar-refractivity contribution in [2.45, 2.75) is 26.4 Å². The number of benzene rings is 2. The van der Waals surface area contributed by atoms with Gasteiger partial charge in [-0.1, -0.05) is 29.8 Å². The molecule has 0 amide bonds. The van der Waals surface area contributed by atoms with Crippen molar-refractivity contribution in [1.82, 2.24) is 5.32 Å². The van der Waals surface area contributed by atoms with Crippen LogP contribution in [0.1, 0.15) is 29.7 Å². The maximum Gasteiger partial charge on any atom is 0.194 e. The van der Waals surface area contributed by atoms with E-state index >= 15 is 0 Å². The lowest BCUT2D eigenvalue weighted by molar-refractivity contribution is 0.443. The van der Waals surface area contributed by atoms with Gasteiger partial charge in [0.2, 0.25) is 0 Å². The molecular formula is C16H16F3N. The number of nitrogens with one attached hydrogen (secondary N) is 1. The first-order valence-corrected chi connectivity index (χ1v) is 6.40. The molecule has 0 radical (unpaired) electrons. The van der Waals surface area contributed by atoms with E-state index in [1.54, 1.807) is 0 Å². The average Bonchev–Trinajstić information content (AvgIpc) is 2.42. The van der Waals surface area contributed by atoms with Crippen molar-refractivity contribution in [2.24, 2.45) is 0 Å². The zero-order chi connectivity index (χ0) is 14.7. The van der Waals surface area contributed by atoms with Crippen LogP contribution in [0.2, 0.25) is 0 Å². The van der Waals surface area contributed by atoms with E-state index in [1.807, 2.05) is 38.1 Å². The largest absolute Gasteiger partial charge is 0.306 e. The van der Waals surface area contributed by atoms with Gasteiger partial charge < -0.3 is 5.32 Å². The number of halogens is 3. The van der Waals surface area contributed by atoms with Gasteiger partial charge >= 0.3 is 0 Å². The number of rotatable bonds is 4. The Labute approximate surface area is 116 Å². The van der Waals surface area contributed by atoms with E-state index in [4.69, 9.17) is 0 Å². The molecule has 0 saturated carbocycles. The van der Waals surface area contributed by atoms with Crippen LogP contribution in [-0.2, 0) is 6.54 Å². The SMILES string of the molecule is Cc1cccc([C@@H](C)NCc2cc(F)c(F)c(F)c2)c1. The molecule has 0 fully saturated rings. The molecule has 0 aromatic heterocycles. The first-order chi connectivity index (χ1) is 9.47. The number of hydrogen-bond acceptors (Lipinski definition) is 1. The molecule has 0 aliphatic carbocycles. The molecule has 0 spiro atoms. The predicted molar refractivity (Wildman–Crippen MR) is 72.7 cm³/mol. The first-order valence-electron chi connectivity index (χ1n) is 6.40. The van der Waals surface area contributed by atoms with E-state index < -0.39 is 17.5 Å². The second-order valence-corrected chi connectivity index (χ2v) is 4.89. The second kappa shape index (κ2) is 6.09. The highest BCUT2D eigenvalue weighted by Crippen LogP contribution is 2.17. The highest BCUT2D eigenvalue weighted by Gasteiger charge is 2.11. The minimum absolute atomic E-state index is 0.0334. The van der Waals surface area contributed by atoms with Crippen LogP contribution in [0.15, 0.2) is 36.4 Å². The van der Waals surface area contributed by atoms with Gasteiger partial charge in [-0.15, -0.1) is 0 Å². The summed E-state index contributed by atoms with van der Waals surface area (Å²) >= 11 is 0. The molecule has 4 heteroatoms. The van der Waals surface area contributed by atoms with Crippen molar-refractivity contribution >= 4 is 0 Å². The summed E-state index contributed by atoms with van der Waals surface area (Å²) in [6.45, 7) is 4.23. The second-order valence-electron chi connectivity index (χ2n) is 4.89. The fourth-order valence-corrected chi connectivity index (χ4v) is 2.04. The third-order valence-corrected chi connectivity index (χ3v) is 3.20. The summed E-state index contributed by atoms with van der Waals surface area (Å²) in [6.07, 6.45) is 0. The van der Waals surface area contributed by atoms with Crippen molar-refractivity contribution in [3.8, 4) is 0 Å². The summed E-state index contributed by atoms with van der Waals surface area (Å²) in [5.41, 5.74) is 2.61. The van der Waals surface area contributed by atoms with Gasteiger partial charge in [0.25, 0.3) is 0 Å². The summed E-state index contributed by atoms with van der Waals surface area (Å²) < 4.78 is 39.0. The smallest absolute Gasteiger partial charge is 0.194 e. The summed E-state index contributed by atoms with van der Waals surface area (Å²) in [4.78, 5) is 0. The minimum atomic E-state index is -1.43. The third-order valence-electron chi connectivity index (χ3n) is 3.20. The highest BCUT2D eigenvalue weighted by molar-refractivity contribution is 5.25. The van der Waals surface area contributed by atoms with Crippen LogP contribution in [0.4, 0.5) is 13.2 Å². The van der Waals surface area contributed by atoms with Crippen molar-refractivity contribution in [1.29, 1.82) is 0 Å². The van der Waals surface area contributed by atoms with Gasteiger partial charge in [0, 0.05) is 12.6 Å². The van der Waals surface area contributed by atoms with E-state index in [1.165, 1.54) is 0 Å². The molecule has 1 N–H and O–H groups in total. The maximum absolute atomic E-state index is 13.1. The molecule has 0 aliphatic rings. The summed E-state index contributed by atoms with van der Waals surface area (Å²) in [7, 11) is 0. The first kappa shape index (κ1) is 14.6. The summed E-state index contributed by atoms with van der Waals surface area (Å²) in [5.74, 6) is -3.75. The van der Waals surface area contributed by atoms with Crippen molar-refractivity contribution < 1.29 is 13.2 Å². The van der Waals surface area contributed by atoms with Crippen molar-refractivity contribution in [2.75, 3.05) is 0 Å². The molecule has 0 heterocycles. The molecule has 0 unspecified atom stereocenters. The molecule has 1 atom stereocenters. The van der Waals surface area contributed by atoms with Crippen molar-refractivity contribution in [3.05, 3.63) is 70.5 Å². The lowest BCUT2D eigenvalue weighted by Gasteiger charge is -2.15. The topological polar surface area (TPSA) is 12.0 Å². The normalized spacial score (nSPS) is 12.4. The van der Waals surface area contributed by atoms with Gasteiger partial charge in [-0.05, 0) is 37.1 Å². The lowest BCUT2D eigenvalue weighted by Crippen LogP contribution is -2.18. The molecule has 1 nitrogen and oxygen atoms in total. The molecule has 0 bridgehead atoms. The standard InChI is InChI=1S/C16H16F3N/c1-10-4-3-5-13(6-10)11(2)20-9-12-7-14(17)16(19)15(18)8-12/h3-8,11,20H,9H2,1-2H3/t11-/m1/s1. The van der Waals surface area contributed by atoms with E-state index in [0.29, 0.717) is 5.56 Å². The molecule has 0 aliphatic heterocycles. The van der Waals surface area contributed by atoms with Gasteiger partial charge in [-0.3, -0.25) is 0 Å². The van der Waals surface area contributed by atoms with Crippen molar-refractivity contribution in [3.63, 3.8) is 0 Å². The van der Waals surface area contributed by atoms with E-state index in [-0.39, 0.29) is 12.6 Å². The number of hydrogen-bond donors (Lipinski definition) is 1. The molecule has 2 aromatic rings. The van der Waals surface area contributed by atoms with Crippen LogP contribution in [0, 0.1) is 24.4 Å². The van der Waals surface area contributed by atoms with Crippen LogP contribution < -0.4 is 5.32 Å². The Bertz CT molecular complexity index is 587. The van der Waals surface area contributed by atoms with Gasteiger partial charge in [0.1, 0.15) is 0 Å². The zero-order valence-electron chi connectivity index (χ0n) is 11.4. The van der Waals surface area contributed by atoms with E-state index in [2.05, 4.69) is 5.32 Å².